The zero-order valence-corrected chi connectivity index (χ0v) is 57.9. The summed E-state index contributed by atoms with van der Waals surface area (Å²) in [6.07, 6.45) is 0. The van der Waals surface area contributed by atoms with E-state index in [1.54, 1.807) is 0 Å². The minimum absolute atomic E-state index is 0.884. The van der Waals surface area contributed by atoms with Crippen LogP contribution in [-0.4, -0.2) is 0 Å². The van der Waals surface area contributed by atoms with Crippen LogP contribution in [0.15, 0.2) is 409 Å². The first kappa shape index (κ1) is 61.9. The van der Waals surface area contributed by atoms with Crippen molar-refractivity contribution in [3.05, 3.63) is 400 Å². The normalized spacial score (nSPS) is 11.6. The van der Waals surface area contributed by atoms with E-state index in [-0.39, 0.29) is 0 Å². The highest BCUT2D eigenvalue weighted by atomic mass is 16.3. The van der Waals surface area contributed by atoms with Gasteiger partial charge in [0.25, 0.3) is 0 Å². The third-order valence-electron chi connectivity index (χ3n) is 21.6. The first-order valence-electron chi connectivity index (χ1n) is 36.4. The van der Waals surface area contributed by atoms with Crippen LogP contribution in [0.5, 0.6) is 0 Å². The highest BCUT2D eigenvalue weighted by molar-refractivity contribution is 6.25. The lowest BCUT2D eigenvalue weighted by Gasteiger charge is -2.18. The third-order valence-corrected chi connectivity index (χ3v) is 21.6. The van der Waals surface area contributed by atoms with E-state index in [2.05, 4.69) is 400 Å². The van der Waals surface area contributed by atoms with Gasteiger partial charge in [-0.25, -0.2) is 0 Å². The molecule has 2 nitrogen and oxygen atoms in total. The maximum atomic E-state index is 6.61. The van der Waals surface area contributed by atoms with Gasteiger partial charge in [-0.2, -0.15) is 0 Å². The number of hydrogen-bond donors (Lipinski definition) is 0. The standard InChI is InChI=1S/C56H36O.C48H30O/c1-3-14-37(15-4-1)39-26-30-41(31-27-39)44-18-7-8-19-45(44)46-24-13-25-53-56(46)51-36-43(34-35-52(51)57-53)55-49-22-11-9-20-47(49)54(48-21-10-12-23-50(48)55)42-32-28-40(29-33-42)38-16-5-2-6-17-38;1-3-14-32(15-4-1)46-36-18-8-7-13-31(36)23-26-37(46)34-24-27-38-43-29-35(25-28-44(43)49-45(38)30-34)48-41-21-11-9-19-39(41)47(33-16-5-2-6-17-33)40-20-10-12-22-42(40)48/h1-36H;1-30H. The number of furan rings is 2. The molecule has 0 atom stereocenters. The minimum atomic E-state index is 0.884. The zero-order chi connectivity index (χ0) is 70.0. The predicted molar refractivity (Wildman–Crippen MR) is 449 cm³/mol. The Labute approximate surface area is 614 Å². The van der Waals surface area contributed by atoms with Crippen LogP contribution in [0.25, 0.3) is 209 Å². The van der Waals surface area contributed by atoms with Crippen molar-refractivity contribution in [2.45, 2.75) is 0 Å². The van der Waals surface area contributed by atoms with Gasteiger partial charge in [-0.05, 0) is 208 Å². The largest absolute Gasteiger partial charge is 0.456 e. The minimum Gasteiger partial charge on any atom is -0.456 e. The van der Waals surface area contributed by atoms with E-state index in [4.69, 9.17) is 8.83 Å². The van der Waals surface area contributed by atoms with Gasteiger partial charge in [0.1, 0.15) is 22.3 Å². The second-order valence-corrected chi connectivity index (χ2v) is 27.6. The molecule has 0 amide bonds. The first-order valence-corrected chi connectivity index (χ1v) is 36.4. The quantitative estimate of drug-likeness (QED) is 0.128. The molecule has 0 saturated carbocycles. The summed E-state index contributed by atoms with van der Waals surface area (Å²) >= 11 is 0. The monoisotopic (exact) mass is 1350 g/mol. The van der Waals surface area contributed by atoms with Gasteiger partial charge in [0.05, 0.1) is 0 Å². The van der Waals surface area contributed by atoms with E-state index < -0.39 is 0 Å². The van der Waals surface area contributed by atoms with Crippen LogP contribution in [0.1, 0.15) is 0 Å². The molecule has 0 unspecified atom stereocenters. The molecule has 19 aromatic carbocycles. The lowest BCUT2D eigenvalue weighted by atomic mass is 9.85. The van der Waals surface area contributed by atoms with Crippen LogP contribution in [0.2, 0.25) is 0 Å². The van der Waals surface area contributed by atoms with Gasteiger partial charge in [-0.3, -0.25) is 0 Å². The Kier molecular flexibility index (Phi) is 15.3. The van der Waals surface area contributed by atoms with Crippen molar-refractivity contribution in [1.82, 2.24) is 0 Å². The van der Waals surface area contributed by atoms with Crippen molar-refractivity contribution in [2.75, 3.05) is 0 Å². The molecule has 0 bridgehead atoms. The summed E-state index contributed by atoms with van der Waals surface area (Å²) in [6, 6.07) is 144. The molecule has 2 aromatic heterocycles. The van der Waals surface area contributed by atoms with Crippen LogP contribution in [0.3, 0.4) is 0 Å². The molecule has 0 aliphatic heterocycles. The number of rotatable bonds is 10. The summed E-state index contributed by atoms with van der Waals surface area (Å²) in [4.78, 5) is 0. The number of fused-ring (bicyclic) bond motifs is 11. The summed E-state index contributed by atoms with van der Waals surface area (Å²) in [5.74, 6) is 0. The average molecular weight is 1350 g/mol. The van der Waals surface area contributed by atoms with Crippen molar-refractivity contribution in [3.8, 4) is 111 Å². The molecule has 0 aliphatic carbocycles. The summed E-state index contributed by atoms with van der Waals surface area (Å²) in [5, 5.41) is 16.9. The molecule has 106 heavy (non-hydrogen) atoms. The summed E-state index contributed by atoms with van der Waals surface area (Å²) in [7, 11) is 0. The van der Waals surface area contributed by atoms with E-state index in [9.17, 15) is 0 Å². The van der Waals surface area contributed by atoms with Crippen LogP contribution in [0.4, 0.5) is 0 Å². The highest BCUT2D eigenvalue weighted by Gasteiger charge is 2.23. The Balaban J connectivity index is 0.000000142. The van der Waals surface area contributed by atoms with Crippen molar-refractivity contribution in [2.24, 2.45) is 0 Å². The van der Waals surface area contributed by atoms with Gasteiger partial charge in [0.2, 0.25) is 0 Å². The maximum Gasteiger partial charge on any atom is 0.136 e. The van der Waals surface area contributed by atoms with Gasteiger partial charge in [0.15, 0.2) is 0 Å². The van der Waals surface area contributed by atoms with Gasteiger partial charge in [-0.1, -0.05) is 358 Å². The Morgan fingerprint density at radius 2 is 0.481 bits per heavy atom. The maximum absolute atomic E-state index is 6.61. The molecule has 494 valence electrons. The summed E-state index contributed by atoms with van der Waals surface area (Å²) in [5.41, 5.74) is 27.8. The smallest absolute Gasteiger partial charge is 0.136 e. The van der Waals surface area contributed by atoms with Crippen molar-refractivity contribution in [1.29, 1.82) is 0 Å². The molecule has 21 aromatic rings. The lowest BCUT2D eigenvalue weighted by molar-refractivity contribution is 0.668. The summed E-state index contributed by atoms with van der Waals surface area (Å²) in [6.45, 7) is 0. The number of hydrogen-bond acceptors (Lipinski definition) is 2. The van der Waals surface area contributed by atoms with Crippen LogP contribution in [-0.2, 0) is 0 Å². The molecule has 0 aliphatic rings. The predicted octanol–water partition coefficient (Wildman–Crippen LogP) is 29.6. The van der Waals surface area contributed by atoms with Gasteiger partial charge >= 0.3 is 0 Å². The van der Waals surface area contributed by atoms with Crippen LogP contribution >= 0.6 is 0 Å². The average Bonchev–Trinajstić information content (AvgIpc) is 1.19. The van der Waals surface area contributed by atoms with E-state index >= 15 is 0 Å². The Bertz CT molecular complexity index is 6830. The number of benzene rings is 19. The van der Waals surface area contributed by atoms with Crippen LogP contribution in [0, 0.1) is 0 Å². The Hall–Kier alpha value is -13.9. The molecule has 0 saturated heterocycles. The molecule has 21 rings (SSSR count). The molecule has 0 fully saturated rings. The molecule has 0 spiro atoms. The Morgan fingerprint density at radius 3 is 1.00 bits per heavy atom. The fourth-order valence-electron chi connectivity index (χ4n) is 16.7. The van der Waals surface area contributed by atoms with E-state index in [0.29, 0.717) is 0 Å². The van der Waals surface area contributed by atoms with Crippen molar-refractivity contribution in [3.63, 3.8) is 0 Å². The molecular formula is C104H66O2. The molecule has 2 heteroatoms. The van der Waals surface area contributed by atoms with Crippen molar-refractivity contribution >= 4 is 97.7 Å². The highest BCUT2D eigenvalue weighted by Crippen LogP contribution is 2.50. The van der Waals surface area contributed by atoms with Gasteiger partial charge < -0.3 is 8.83 Å². The first-order chi connectivity index (χ1) is 52.6. The molecule has 2 heterocycles. The zero-order valence-electron chi connectivity index (χ0n) is 57.9. The van der Waals surface area contributed by atoms with E-state index in [1.165, 1.54) is 154 Å². The van der Waals surface area contributed by atoms with Gasteiger partial charge in [-0.15, -0.1) is 0 Å². The second kappa shape index (κ2) is 26.2. The van der Waals surface area contributed by atoms with Gasteiger partial charge in [0, 0.05) is 21.5 Å². The topological polar surface area (TPSA) is 26.3 Å². The second-order valence-electron chi connectivity index (χ2n) is 27.6. The van der Waals surface area contributed by atoms with E-state index in [0.717, 1.165) is 55.0 Å². The van der Waals surface area contributed by atoms with Crippen LogP contribution < -0.4 is 0 Å². The fourth-order valence-corrected chi connectivity index (χ4v) is 16.7. The lowest BCUT2D eigenvalue weighted by Crippen LogP contribution is -1.91. The molecular weight excluding hydrogens is 1280 g/mol. The Morgan fingerprint density at radius 1 is 0.132 bits per heavy atom. The molecule has 0 radical (unpaired) electrons. The van der Waals surface area contributed by atoms with Crippen molar-refractivity contribution < 1.29 is 8.83 Å². The van der Waals surface area contributed by atoms with E-state index in [1.807, 2.05) is 0 Å². The third kappa shape index (κ3) is 10.7. The molecule has 0 N–H and O–H groups in total. The summed E-state index contributed by atoms with van der Waals surface area (Å²) < 4.78 is 13.2. The fraction of sp³-hybridized carbons (Fsp3) is 0. The SMILES string of the molecule is c1ccc(-c2c(-c3ccc4c(c3)oc3ccc(-c5c6ccccc6c(-c6ccccc6)c6ccccc56)cc34)ccc3ccccc23)cc1.c1ccc(-c2ccc(-c3ccccc3-c3cccc4oc5ccc(-c6c7ccccc7c(-c7ccc(-c8ccccc8)cc7)c7ccccc67)cc5c34)cc2)cc1.